The van der Waals surface area contributed by atoms with Gasteiger partial charge in [-0.05, 0) is 49.4 Å². The van der Waals surface area contributed by atoms with Gasteiger partial charge in [-0.2, -0.15) is 0 Å². The quantitative estimate of drug-likeness (QED) is 0.924. The molecule has 0 amide bonds. The standard InChI is InChI=1S/C18H22N2O/c1-2-18(21)16-11-10-15(13-19-16)20-12-6-5-8-14-7-3-4-9-17(14)20/h3-4,7,9-11,13,18,21H,2,5-6,8,12H2,1H3/t18-/m1/s1. The number of fused-ring (bicyclic) bond motifs is 1. The maximum absolute atomic E-state index is 9.86. The number of nitrogens with zero attached hydrogens (tertiary/aromatic N) is 2. The van der Waals surface area contributed by atoms with Crippen LogP contribution < -0.4 is 4.90 Å². The molecule has 1 aromatic carbocycles. The number of hydrogen-bond acceptors (Lipinski definition) is 3. The molecule has 0 radical (unpaired) electrons. The Morgan fingerprint density at radius 2 is 2.05 bits per heavy atom. The number of rotatable bonds is 3. The first-order valence-corrected chi connectivity index (χ1v) is 7.79. The summed E-state index contributed by atoms with van der Waals surface area (Å²) in [6.07, 6.45) is 5.68. The average molecular weight is 282 g/mol. The van der Waals surface area contributed by atoms with Gasteiger partial charge in [0.05, 0.1) is 23.7 Å². The molecule has 0 spiro atoms. The molecule has 0 saturated carbocycles. The average Bonchev–Trinajstić information content (AvgIpc) is 2.77. The zero-order valence-corrected chi connectivity index (χ0v) is 12.5. The third-order valence-corrected chi connectivity index (χ3v) is 4.17. The third-order valence-electron chi connectivity index (χ3n) is 4.17. The first-order valence-electron chi connectivity index (χ1n) is 7.79. The van der Waals surface area contributed by atoms with Crippen LogP contribution >= 0.6 is 0 Å². The van der Waals surface area contributed by atoms with Crippen molar-refractivity contribution in [3.05, 3.63) is 53.9 Å². The Labute approximate surface area is 126 Å². The number of aromatic nitrogens is 1. The molecule has 1 aliphatic rings. The second-order valence-electron chi connectivity index (χ2n) is 5.60. The lowest BCUT2D eigenvalue weighted by Gasteiger charge is -2.25. The molecule has 21 heavy (non-hydrogen) atoms. The summed E-state index contributed by atoms with van der Waals surface area (Å²) in [5.41, 5.74) is 4.56. The highest BCUT2D eigenvalue weighted by Gasteiger charge is 2.17. The van der Waals surface area contributed by atoms with Gasteiger partial charge in [-0.1, -0.05) is 25.1 Å². The minimum atomic E-state index is -0.463. The van der Waals surface area contributed by atoms with Crippen molar-refractivity contribution >= 4 is 11.4 Å². The van der Waals surface area contributed by atoms with E-state index in [0.29, 0.717) is 6.42 Å². The van der Waals surface area contributed by atoms with E-state index in [9.17, 15) is 5.11 Å². The molecule has 1 N–H and O–H groups in total. The van der Waals surface area contributed by atoms with Crippen LogP contribution in [-0.4, -0.2) is 16.6 Å². The largest absolute Gasteiger partial charge is 0.387 e. The first-order chi connectivity index (χ1) is 10.3. The summed E-state index contributed by atoms with van der Waals surface area (Å²) < 4.78 is 0. The monoisotopic (exact) mass is 282 g/mol. The number of aliphatic hydroxyl groups excluding tert-OH is 1. The SMILES string of the molecule is CC[C@@H](O)c1ccc(N2CCCCc3ccccc32)cn1. The van der Waals surface area contributed by atoms with Crippen LogP contribution in [0.5, 0.6) is 0 Å². The van der Waals surface area contributed by atoms with Gasteiger partial charge in [0.25, 0.3) is 0 Å². The van der Waals surface area contributed by atoms with Gasteiger partial charge >= 0.3 is 0 Å². The second kappa shape index (κ2) is 6.27. The van der Waals surface area contributed by atoms with Crippen LogP contribution in [0.3, 0.4) is 0 Å². The van der Waals surface area contributed by atoms with E-state index in [2.05, 4.69) is 40.2 Å². The molecule has 2 aromatic rings. The van der Waals surface area contributed by atoms with E-state index < -0.39 is 6.10 Å². The molecule has 0 fully saturated rings. The lowest BCUT2D eigenvalue weighted by molar-refractivity contribution is 0.169. The molecule has 1 aromatic heterocycles. The second-order valence-corrected chi connectivity index (χ2v) is 5.60. The minimum Gasteiger partial charge on any atom is -0.387 e. The maximum atomic E-state index is 9.86. The number of aryl methyl sites for hydroxylation is 1. The van der Waals surface area contributed by atoms with Crippen LogP contribution in [0.4, 0.5) is 11.4 Å². The normalized spacial score (nSPS) is 16.2. The fourth-order valence-electron chi connectivity index (χ4n) is 2.92. The maximum Gasteiger partial charge on any atom is 0.0957 e. The zero-order valence-electron chi connectivity index (χ0n) is 12.5. The summed E-state index contributed by atoms with van der Waals surface area (Å²) in [5.74, 6) is 0. The summed E-state index contributed by atoms with van der Waals surface area (Å²) in [4.78, 5) is 6.78. The number of hydrogen-bond donors (Lipinski definition) is 1. The molecule has 1 atom stereocenters. The Morgan fingerprint density at radius 1 is 1.19 bits per heavy atom. The van der Waals surface area contributed by atoms with Gasteiger partial charge in [0.1, 0.15) is 0 Å². The van der Waals surface area contributed by atoms with Crippen LogP contribution in [0.15, 0.2) is 42.6 Å². The molecule has 2 heterocycles. The van der Waals surface area contributed by atoms with E-state index in [1.165, 1.54) is 24.1 Å². The number of anilines is 2. The van der Waals surface area contributed by atoms with Crippen molar-refractivity contribution in [3.8, 4) is 0 Å². The van der Waals surface area contributed by atoms with Gasteiger partial charge < -0.3 is 10.0 Å². The molecule has 0 saturated heterocycles. The molecule has 0 bridgehead atoms. The van der Waals surface area contributed by atoms with E-state index in [1.807, 2.05) is 19.2 Å². The fourth-order valence-corrected chi connectivity index (χ4v) is 2.92. The molecule has 3 nitrogen and oxygen atoms in total. The fraction of sp³-hybridized carbons (Fsp3) is 0.389. The molecule has 3 heteroatoms. The van der Waals surface area contributed by atoms with Gasteiger partial charge in [-0.25, -0.2) is 0 Å². The van der Waals surface area contributed by atoms with Crippen molar-refractivity contribution in [3.63, 3.8) is 0 Å². The summed E-state index contributed by atoms with van der Waals surface area (Å²) >= 11 is 0. The molecule has 3 rings (SSSR count). The summed E-state index contributed by atoms with van der Waals surface area (Å²) in [6, 6.07) is 12.6. The predicted molar refractivity (Wildman–Crippen MR) is 85.9 cm³/mol. The molecule has 110 valence electrons. The van der Waals surface area contributed by atoms with E-state index in [-0.39, 0.29) is 0 Å². The van der Waals surface area contributed by atoms with Crippen molar-refractivity contribution in [2.45, 2.75) is 38.7 Å². The number of benzene rings is 1. The number of pyridine rings is 1. The topological polar surface area (TPSA) is 36.4 Å². The molecular weight excluding hydrogens is 260 g/mol. The van der Waals surface area contributed by atoms with Gasteiger partial charge in [0.15, 0.2) is 0 Å². The Balaban J connectivity index is 1.93. The highest BCUT2D eigenvalue weighted by Crippen LogP contribution is 2.32. The van der Waals surface area contributed by atoms with Crippen LogP contribution in [-0.2, 0) is 6.42 Å². The van der Waals surface area contributed by atoms with E-state index in [4.69, 9.17) is 0 Å². The summed E-state index contributed by atoms with van der Waals surface area (Å²) in [5, 5.41) is 9.86. The molecule has 1 aliphatic heterocycles. The van der Waals surface area contributed by atoms with E-state index >= 15 is 0 Å². The smallest absolute Gasteiger partial charge is 0.0957 e. The predicted octanol–water partition coefficient (Wildman–Crippen LogP) is 4.00. The van der Waals surface area contributed by atoms with Crippen LogP contribution in [0.2, 0.25) is 0 Å². The van der Waals surface area contributed by atoms with Gasteiger partial charge in [-0.3, -0.25) is 4.98 Å². The van der Waals surface area contributed by atoms with Crippen LogP contribution in [0.25, 0.3) is 0 Å². The third kappa shape index (κ3) is 2.93. The van der Waals surface area contributed by atoms with Gasteiger partial charge in [-0.15, -0.1) is 0 Å². The summed E-state index contributed by atoms with van der Waals surface area (Å²) in [6.45, 7) is 2.99. The first kappa shape index (κ1) is 14.1. The summed E-state index contributed by atoms with van der Waals surface area (Å²) in [7, 11) is 0. The van der Waals surface area contributed by atoms with Crippen LogP contribution in [0.1, 0.15) is 43.5 Å². The molecule has 0 aliphatic carbocycles. The molecule has 0 unspecified atom stereocenters. The zero-order chi connectivity index (χ0) is 14.7. The minimum absolute atomic E-state index is 0.463. The highest BCUT2D eigenvalue weighted by atomic mass is 16.3. The van der Waals surface area contributed by atoms with Crippen molar-refractivity contribution in [2.24, 2.45) is 0 Å². The van der Waals surface area contributed by atoms with E-state index in [0.717, 1.165) is 24.3 Å². The van der Waals surface area contributed by atoms with Crippen molar-refractivity contribution in [2.75, 3.05) is 11.4 Å². The molecular formula is C18H22N2O. The van der Waals surface area contributed by atoms with Gasteiger partial charge in [0.2, 0.25) is 0 Å². The lowest BCUT2D eigenvalue weighted by Crippen LogP contribution is -2.18. The van der Waals surface area contributed by atoms with Crippen molar-refractivity contribution in [1.82, 2.24) is 4.98 Å². The van der Waals surface area contributed by atoms with E-state index in [1.54, 1.807) is 0 Å². The number of aliphatic hydroxyl groups is 1. The van der Waals surface area contributed by atoms with Gasteiger partial charge in [0, 0.05) is 12.2 Å². The Hall–Kier alpha value is -1.87. The Kier molecular flexibility index (Phi) is 4.20. The number of para-hydroxylation sites is 1. The Bertz CT molecular complexity index is 594. The lowest BCUT2D eigenvalue weighted by atomic mass is 10.1. The highest BCUT2D eigenvalue weighted by molar-refractivity contribution is 5.66. The van der Waals surface area contributed by atoms with Crippen molar-refractivity contribution < 1.29 is 5.11 Å². The van der Waals surface area contributed by atoms with Crippen LogP contribution in [0, 0.1) is 0 Å². The Morgan fingerprint density at radius 3 is 2.81 bits per heavy atom. The van der Waals surface area contributed by atoms with Crippen molar-refractivity contribution in [1.29, 1.82) is 0 Å².